The Kier molecular flexibility index (Phi) is 5.30. The molecule has 0 spiro atoms. The van der Waals surface area contributed by atoms with Gasteiger partial charge < -0.3 is 19.5 Å². The highest BCUT2D eigenvalue weighted by atomic mass is 16.6. The maximum absolute atomic E-state index is 13.8. The molecule has 1 N–H and O–H groups in total. The minimum absolute atomic E-state index is 0.0347. The molecule has 3 amide bonds. The van der Waals surface area contributed by atoms with Crippen molar-refractivity contribution in [3.63, 3.8) is 0 Å². The summed E-state index contributed by atoms with van der Waals surface area (Å²) in [5.74, 6) is -2.54. The summed E-state index contributed by atoms with van der Waals surface area (Å²) in [5.41, 5.74) is 1.51. The number of fused-ring (bicyclic) bond motifs is 4. The SMILES string of the molecule is CCC(C)(C)OC(=O)N1C(=O)/C(=C2/C(=O)Oc3cc4c(cc32)OC(=O)/C4=C2/C(=O)Nc3ccccc32)c2ccccc21. The number of carbonyl (C=O) groups excluding carboxylic acids is 5. The molecule has 10 heteroatoms. The number of hydrogen-bond donors (Lipinski definition) is 1. The minimum Gasteiger partial charge on any atom is -0.443 e. The number of hydrogen-bond acceptors (Lipinski definition) is 8. The third-order valence-electron chi connectivity index (χ3n) is 7.83. The topological polar surface area (TPSA) is 128 Å². The van der Waals surface area contributed by atoms with E-state index in [1.165, 1.54) is 12.1 Å². The molecule has 10 nitrogen and oxygen atoms in total. The highest BCUT2D eigenvalue weighted by Gasteiger charge is 2.46. The van der Waals surface area contributed by atoms with Crippen LogP contribution in [0.25, 0.3) is 22.3 Å². The number of esters is 2. The lowest BCUT2D eigenvalue weighted by molar-refractivity contribution is -0.127. The number of rotatable bonds is 2. The molecule has 0 atom stereocenters. The Hall–Kier alpha value is -5.51. The zero-order valence-corrected chi connectivity index (χ0v) is 22.7. The Morgan fingerprint density at radius 2 is 1.36 bits per heavy atom. The van der Waals surface area contributed by atoms with Crippen molar-refractivity contribution in [2.75, 3.05) is 10.2 Å². The lowest BCUT2D eigenvalue weighted by Gasteiger charge is -2.26. The molecule has 0 aromatic heterocycles. The number of imide groups is 1. The molecular formula is C32H22N2O8. The van der Waals surface area contributed by atoms with Crippen LogP contribution in [0.1, 0.15) is 49.4 Å². The van der Waals surface area contributed by atoms with Crippen LogP contribution < -0.4 is 19.7 Å². The fourth-order valence-electron chi connectivity index (χ4n) is 5.47. The summed E-state index contributed by atoms with van der Waals surface area (Å²) in [5, 5.41) is 2.75. The number of benzene rings is 3. The highest BCUT2D eigenvalue weighted by Crippen LogP contribution is 2.51. The van der Waals surface area contributed by atoms with Crippen LogP contribution in [0.2, 0.25) is 0 Å². The normalized spacial score (nSPS) is 20.1. The third-order valence-corrected chi connectivity index (χ3v) is 7.83. The summed E-state index contributed by atoms with van der Waals surface area (Å²) in [4.78, 5) is 67.2. The molecule has 0 bridgehead atoms. The van der Waals surface area contributed by atoms with Gasteiger partial charge in [-0.1, -0.05) is 43.3 Å². The Balaban J connectivity index is 1.38. The van der Waals surface area contributed by atoms with Crippen LogP contribution in [-0.2, 0) is 23.9 Å². The van der Waals surface area contributed by atoms with Crippen LogP contribution in [0.3, 0.4) is 0 Å². The van der Waals surface area contributed by atoms with Crippen molar-refractivity contribution >= 4 is 63.5 Å². The van der Waals surface area contributed by atoms with Gasteiger partial charge in [-0.05, 0) is 44.5 Å². The van der Waals surface area contributed by atoms with E-state index in [4.69, 9.17) is 14.2 Å². The second kappa shape index (κ2) is 8.74. The molecule has 42 heavy (non-hydrogen) atoms. The number of para-hydroxylation sites is 2. The number of amides is 3. The average Bonchev–Trinajstić information content (AvgIpc) is 3.63. The lowest BCUT2D eigenvalue weighted by Crippen LogP contribution is -2.39. The molecule has 3 aromatic rings. The Bertz CT molecular complexity index is 1900. The van der Waals surface area contributed by atoms with E-state index in [9.17, 15) is 24.0 Å². The van der Waals surface area contributed by atoms with Crippen LogP contribution in [0.4, 0.5) is 16.2 Å². The monoisotopic (exact) mass is 562 g/mol. The third kappa shape index (κ3) is 3.54. The van der Waals surface area contributed by atoms with Crippen molar-refractivity contribution in [1.29, 1.82) is 0 Å². The van der Waals surface area contributed by atoms with E-state index in [2.05, 4.69) is 5.32 Å². The fourth-order valence-corrected chi connectivity index (χ4v) is 5.47. The van der Waals surface area contributed by atoms with Gasteiger partial charge in [-0.25, -0.2) is 19.3 Å². The van der Waals surface area contributed by atoms with Gasteiger partial charge in [0.25, 0.3) is 11.8 Å². The Morgan fingerprint density at radius 1 is 0.786 bits per heavy atom. The molecule has 7 rings (SSSR count). The summed E-state index contributed by atoms with van der Waals surface area (Å²) in [6.07, 6.45) is -0.346. The van der Waals surface area contributed by atoms with Gasteiger partial charge in [0.2, 0.25) is 0 Å². The summed E-state index contributed by atoms with van der Waals surface area (Å²) in [6.45, 7) is 5.33. The van der Waals surface area contributed by atoms with E-state index < -0.39 is 35.4 Å². The molecule has 4 aliphatic rings. The molecule has 4 heterocycles. The van der Waals surface area contributed by atoms with Gasteiger partial charge in [0, 0.05) is 27.9 Å². The predicted molar refractivity (Wildman–Crippen MR) is 151 cm³/mol. The molecule has 3 aromatic carbocycles. The maximum Gasteiger partial charge on any atom is 0.422 e. The molecule has 208 valence electrons. The first-order valence-electron chi connectivity index (χ1n) is 13.3. The largest absolute Gasteiger partial charge is 0.443 e. The predicted octanol–water partition coefficient (Wildman–Crippen LogP) is 4.97. The minimum atomic E-state index is -0.865. The lowest BCUT2D eigenvalue weighted by atomic mass is 9.92. The van der Waals surface area contributed by atoms with E-state index in [-0.39, 0.29) is 50.6 Å². The summed E-state index contributed by atoms with van der Waals surface area (Å²) in [7, 11) is 0. The van der Waals surface area contributed by atoms with E-state index >= 15 is 0 Å². The molecular weight excluding hydrogens is 540 g/mol. The van der Waals surface area contributed by atoms with E-state index in [1.807, 2.05) is 6.92 Å². The van der Waals surface area contributed by atoms with Crippen LogP contribution in [-0.4, -0.2) is 35.4 Å². The van der Waals surface area contributed by atoms with Crippen LogP contribution in [0.15, 0.2) is 60.7 Å². The molecule has 0 radical (unpaired) electrons. The first-order valence-corrected chi connectivity index (χ1v) is 13.3. The molecule has 4 aliphatic heterocycles. The maximum atomic E-state index is 13.8. The van der Waals surface area contributed by atoms with Crippen molar-refractivity contribution in [3.8, 4) is 11.5 Å². The van der Waals surface area contributed by atoms with Gasteiger partial charge >= 0.3 is 18.0 Å². The van der Waals surface area contributed by atoms with E-state index in [0.717, 1.165) is 4.90 Å². The van der Waals surface area contributed by atoms with Crippen molar-refractivity contribution in [2.24, 2.45) is 0 Å². The number of nitrogens with one attached hydrogen (secondary N) is 1. The smallest absolute Gasteiger partial charge is 0.422 e. The Labute approximate surface area is 239 Å². The van der Waals surface area contributed by atoms with Crippen LogP contribution in [0, 0.1) is 0 Å². The molecule has 0 fully saturated rings. The van der Waals surface area contributed by atoms with Gasteiger partial charge in [0.1, 0.15) is 17.1 Å². The van der Waals surface area contributed by atoms with Gasteiger partial charge in [0.15, 0.2) is 0 Å². The van der Waals surface area contributed by atoms with Crippen molar-refractivity contribution in [3.05, 3.63) is 82.9 Å². The standard InChI is InChI=1S/C32H22N2O8/c1-4-32(2,3)42-31(39)34-20-12-8-6-10-16(20)24(28(34)36)26-18-14-21-17(13-22(18)41-30(26)38)25(29(37)40-21)23-15-9-5-7-11-19(15)33-27(23)35/h5-14H,4H2,1-3H3,(H,33,35)/b25-23+,26-24+. The Morgan fingerprint density at radius 3 is 2.00 bits per heavy atom. The van der Waals surface area contributed by atoms with Gasteiger partial charge in [-0.15, -0.1) is 0 Å². The average molecular weight is 563 g/mol. The second-order valence-corrected chi connectivity index (χ2v) is 10.8. The highest BCUT2D eigenvalue weighted by molar-refractivity contribution is 6.50. The quantitative estimate of drug-likeness (QED) is 0.263. The van der Waals surface area contributed by atoms with Crippen molar-refractivity contribution in [1.82, 2.24) is 0 Å². The fraction of sp³-hybridized carbons (Fsp3) is 0.156. The first-order chi connectivity index (χ1) is 20.1. The number of ether oxygens (including phenoxy) is 3. The van der Waals surface area contributed by atoms with Gasteiger partial charge in [0.05, 0.1) is 28.0 Å². The number of anilines is 2. The van der Waals surface area contributed by atoms with E-state index in [1.54, 1.807) is 62.4 Å². The van der Waals surface area contributed by atoms with E-state index in [0.29, 0.717) is 23.2 Å². The summed E-state index contributed by atoms with van der Waals surface area (Å²) >= 11 is 0. The summed E-state index contributed by atoms with van der Waals surface area (Å²) < 4.78 is 16.7. The van der Waals surface area contributed by atoms with Crippen molar-refractivity contribution in [2.45, 2.75) is 32.8 Å². The molecule has 0 saturated carbocycles. The number of nitrogens with zero attached hydrogens (tertiary/aromatic N) is 1. The number of carbonyl (C=O) groups is 5. The zero-order chi connectivity index (χ0) is 29.5. The molecule has 0 saturated heterocycles. The molecule has 0 aliphatic carbocycles. The van der Waals surface area contributed by atoms with Crippen molar-refractivity contribution < 1.29 is 38.2 Å². The zero-order valence-electron chi connectivity index (χ0n) is 22.7. The second-order valence-electron chi connectivity index (χ2n) is 10.8. The van der Waals surface area contributed by atoms with Gasteiger partial charge in [-0.2, -0.15) is 0 Å². The summed E-state index contributed by atoms with van der Waals surface area (Å²) in [6, 6.07) is 16.4. The molecule has 0 unspecified atom stereocenters. The van der Waals surface area contributed by atoms with Crippen LogP contribution >= 0.6 is 0 Å². The van der Waals surface area contributed by atoms with Crippen LogP contribution in [0.5, 0.6) is 11.5 Å². The first kappa shape index (κ1) is 25.5. The van der Waals surface area contributed by atoms with Gasteiger partial charge in [-0.3, -0.25) is 9.59 Å².